The Kier molecular flexibility index (Phi) is 3.72. The molecule has 4 heteroatoms. The van der Waals surface area contributed by atoms with Crippen LogP contribution in [0, 0.1) is 5.41 Å². The van der Waals surface area contributed by atoms with Crippen molar-refractivity contribution in [2.75, 3.05) is 37.7 Å². The molecule has 1 fully saturated rings. The van der Waals surface area contributed by atoms with Crippen molar-refractivity contribution in [2.24, 2.45) is 5.41 Å². The van der Waals surface area contributed by atoms with Gasteiger partial charge in [0.15, 0.2) is 0 Å². The van der Waals surface area contributed by atoms with Gasteiger partial charge in [-0.3, -0.25) is 0 Å². The van der Waals surface area contributed by atoms with Crippen LogP contribution in [-0.4, -0.2) is 36.6 Å². The summed E-state index contributed by atoms with van der Waals surface area (Å²) in [6, 6.07) is 9.97. The molecule has 0 aliphatic carbocycles. The summed E-state index contributed by atoms with van der Waals surface area (Å²) >= 11 is 0. The molecule has 0 amide bonds. The number of hydrogen-bond donors (Lipinski definition) is 2. The fourth-order valence-corrected chi connectivity index (χ4v) is 2.88. The summed E-state index contributed by atoms with van der Waals surface area (Å²) < 4.78 is 0. The van der Waals surface area contributed by atoms with Gasteiger partial charge in [-0.25, -0.2) is 4.98 Å². The van der Waals surface area contributed by atoms with Crippen molar-refractivity contribution in [3.63, 3.8) is 0 Å². The molecule has 0 saturated carbocycles. The number of aromatic nitrogens is 1. The molecular formula is C17H24N4. The summed E-state index contributed by atoms with van der Waals surface area (Å²) in [7, 11) is 2.20. The molecule has 1 aromatic carbocycles. The second-order valence-corrected chi connectivity index (χ2v) is 6.62. The summed E-state index contributed by atoms with van der Waals surface area (Å²) in [5, 5.41) is 4.60. The molecule has 0 radical (unpaired) electrons. The molecule has 0 spiro atoms. The van der Waals surface area contributed by atoms with Crippen LogP contribution in [0.1, 0.15) is 19.8 Å². The van der Waals surface area contributed by atoms with Crippen LogP contribution in [-0.2, 0) is 0 Å². The number of piperidine rings is 1. The van der Waals surface area contributed by atoms with Crippen molar-refractivity contribution < 1.29 is 0 Å². The average molecular weight is 284 g/mol. The van der Waals surface area contributed by atoms with Crippen LogP contribution in [0.3, 0.4) is 0 Å². The monoisotopic (exact) mass is 284 g/mol. The SMILES string of the molecule is CN1CCC(C)(CNc2ccc3cc(N)ccc3n2)CC1. The largest absolute Gasteiger partial charge is 0.399 e. The van der Waals surface area contributed by atoms with Crippen molar-refractivity contribution in [3.05, 3.63) is 30.3 Å². The summed E-state index contributed by atoms with van der Waals surface area (Å²) in [6.45, 7) is 5.72. The molecule has 0 atom stereocenters. The quantitative estimate of drug-likeness (QED) is 0.851. The van der Waals surface area contributed by atoms with E-state index in [0.717, 1.165) is 29.0 Å². The predicted molar refractivity (Wildman–Crippen MR) is 89.5 cm³/mol. The second kappa shape index (κ2) is 5.53. The van der Waals surface area contributed by atoms with E-state index in [1.165, 1.54) is 25.9 Å². The minimum absolute atomic E-state index is 0.365. The lowest BCUT2D eigenvalue weighted by Crippen LogP contribution is -2.40. The number of rotatable bonds is 3. The lowest BCUT2D eigenvalue weighted by Gasteiger charge is -2.38. The molecule has 112 valence electrons. The number of nitrogens with zero attached hydrogens (tertiary/aromatic N) is 2. The summed E-state index contributed by atoms with van der Waals surface area (Å²) in [6.07, 6.45) is 2.47. The molecule has 0 unspecified atom stereocenters. The van der Waals surface area contributed by atoms with Gasteiger partial charge in [-0.15, -0.1) is 0 Å². The van der Waals surface area contributed by atoms with E-state index in [1.807, 2.05) is 24.3 Å². The molecule has 2 aromatic rings. The number of pyridine rings is 1. The zero-order valence-electron chi connectivity index (χ0n) is 12.9. The Bertz CT molecular complexity index is 630. The number of hydrogen-bond acceptors (Lipinski definition) is 4. The van der Waals surface area contributed by atoms with Crippen LogP contribution >= 0.6 is 0 Å². The van der Waals surface area contributed by atoms with E-state index in [4.69, 9.17) is 5.73 Å². The minimum Gasteiger partial charge on any atom is -0.399 e. The van der Waals surface area contributed by atoms with Gasteiger partial charge in [-0.2, -0.15) is 0 Å². The number of benzene rings is 1. The summed E-state index contributed by atoms with van der Waals surface area (Å²) in [5.41, 5.74) is 7.93. The van der Waals surface area contributed by atoms with Gasteiger partial charge in [0.1, 0.15) is 5.82 Å². The van der Waals surface area contributed by atoms with E-state index in [-0.39, 0.29) is 0 Å². The van der Waals surface area contributed by atoms with Gasteiger partial charge in [0, 0.05) is 17.6 Å². The molecular weight excluding hydrogens is 260 g/mol. The maximum Gasteiger partial charge on any atom is 0.126 e. The number of fused-ring (bicyclic) bond motifs is 1. The summed E-state index contributed by atoms with van der Waals surface area (Å²) in [4.78, 5) is 7.07. The zero-order chi connectivity index (χ0) is 14.9. The first-order valence-corrected chi connectivity index (χ1v) is 7.63. The van der Waals surface area contributed by atoms with Gasteiger partial charge in [0.25, 0.3) is 0 Å². The maximum absolute atomic E-state index is 5.80. The zero-order valence-corrected chi connectivity index (χ0v) is 12.9. The number of nitrogen functional groups attached to an aromatic ring is 1. The normalized spacial score (nSPS) is 18.8. The third-order valence-corrected chi connectivity index (χ3v) is 4.60. The first-order valence-electron chi connectivity index (χ1n) is 7.63. The van der Waals surface area contributed by atoms with Crippen LogP contribution in [0.4, 0.5) is 11.5 Å². The Hall–Kier alpha value is -1.81. The second-order valence-electron chi connectivity index (χ2n) is 6.62. The first kappa shape index (κ1) is 14.1. The maximum atomic E-state index is 5.80. The first-order chi connectivity index (χ1) is 10.0. The molecule has 1 aliphatic heterocycles. The lowest BCUT2D eigenvalue weighted by molar-refractivity contribution is 0.150. The summed E-state index contributed by atoms with van der Waals surface area (Å²) in [5.74, 6) is 0.951. The Morgan fingerprint density at radius 2 is 2.00 bits per heavy atom. The third kappa shape index (κ3) is 3.27. The highest BCUT2D eigenvalue weighted by Crippen LogP contribution is 2.30. The molecule has 1 aromatic heterocycles. The fourth-order valence-electron chi connectivity index (χ4n) is 2.88. The Morgan fingerprint density at radius 3 is 2.76 bits per heavy atom. The van der Waals surface area contributed by atoms with Crippen LogP contribution in [0.2, 0.25) is 0 Å². The third-order valence-electron chi connectivity index (χ3n) is 4.60. The van der Waals surface area contributed by atoms with Crippen molar-refractivity contribution in [3.8, 4) is 0 Å². The number of likely N-dealkylation sites (tertiary alicyclic amines) is 1. The predicted octanol–water partition coefficient (Wildman–Crippen LogP) is 2.96. The molecule has 1 aliphatic rings. The van der Waals surface area contributed by atoms with Crippen molar-refractivity contribution in [1.29, 1.82) is 0 Å². The highest BCUT2D eigenvalue weighted by molar-refractivity contribution is 5.83. The smallest absolute Gasteiger partial charge is 0.126 e. The molecule has 3 rings (SSSR count). The Balaban J connectivity index is 1.69. The van der Waals surface area contributed by atoms with Gasteiger partial charge in [-0.1, -0.05) is 6.92 Å². The van der Waals surface area contributed by atoms with E-state index >= 15 is 0 Å². The van der Waals surface area contributed by atoms with E-state index in [2.05, 4.69) is 35.2 Å². The molecule has 4 nitrogen and oxygen atoms in total. The number of anilines is 2. The Labute approximate surface area is 126 Å². The fraction of sp³-hybridized carbons (Fsp3) is 0.471. The standard InChI is InChI=1S/C17H24N4/c1-17(7-9-21(2)10-8-17)12-19-16-6-3-13-11-14(18)4-5-15(13)20-16/h3-6,11H,7-10,12,18H2,1-2H3,(H,19,20). The molecule has 21 heavy (non-hydrogen) atoms. The van der Waals surface area contributed by atoms with Crippen LogP contribution < -0.4 is 11.1 Å². The topological polar surface area (TPSA) is 54.2 Å². The average Bonchev–Trinajstić information content (AvgIpc) is 2.49. The van der Waals surface area contributed by atoms with Gasteiger partial charge in [-0.05, 0) is 68.7 Å². The van der Waals surface area contributed by atoms with Crippen molar-refractivity contribution in [2.45, 2.75) is 19.8 Å². The van der Waals surface area contributed by atoms with Crippen LogP contribution in [0.25, 0.3) is 10.9 Å². The molecule has 0 bridgehead atoms. The van der Waals surface area contributed by atoms with E-state index < -0.39 is 0 Å². The molecule has 3 N–H and O–H groups in total. The highest BCUT2D eigenvalue weighted by Gasteiger charge is 2.28. The number of nitrogens with one attached hydrogen (secondary N) is 1. The highest BCUT2D eigenvalue weighted by atomic mass is 15.1. The van der Waals surface area contributed by atoms with E-state index in [1.54, 1.807) is 0 Å². The van der Waals surface area contributed by atoms with Gasteiger partial charge >= 0.3 is 0 Å². The van der Waals surface area contributed by atoms with Gasteiger partial charge < -0.3 is 16.0 Å². The lowest BCUT2D eigenvalue weighted by atomic mass is 9.80. The van der Waals surface area contributed by atoms with E-state index in [0.29, 0.717) is 5.41 Å². The minimum atomic E-state index is 0.365. The molecule has 2 heterocycles. The van der Waals surface area contributed by atoms with Gasteiger partial charge in [0.05, 0.1) is 5.52 Å². The number of nitrogens with two attached hydrogens (primary N) is 1. The molecule has 1 saturated heterocycles. The van der Waals surface area contributed by atoms with Crippen LogP contribution in [0.15, 0.2) is 30.3 Å². The van der Waals surface area contributed by atoms with Crippen molar-refractivity contribution in [1.82, 2.24) is 9.88 Å². The van der Waals surface area contributed by atoms with Gasteiger partial charge in [0.2, 0.25) is 0 Å². The van der Waals surface area contributed by atoms with E-state index in [9.17, 15) is 0 Å². The van der Waals surface area contributed by atoms with Crippen molar-refractivity contribution >= 4 is 22.4 Å². The Morgan fingerprint density at radius 1 is 1.24 bits per heavy atom. The van der Waals surface area contributed by atoms with Crippen LogP contribution in [0.5, 0.6) is 0 Å².